The van der Waals surface area contributed by atoms with Crippen molar-refractivity contribution in [3.63, 3.8) is 0 Å². The fraction of sp³-hybridized carbons (Fsp3) is 0.625. The molecule has 0 amide bonds. The molecule has 0 radical (unpaired) electrons. The van der Waals surface area contributed by atoms with Crippen LogP contribution < -0.4 is 4.89 Å². The average molecular weight is 1270 g/mol. The molecule has 2 unspecified atom stereocenters. The summed E-state index contributed by atoms with van der Waals surface area (Å²) in [5.41, 5.74) is 0. The Morgan fingerprint density at radius 3 is 0.911 bits per heavy atom. The largest absolute Gasteiger partial charge is 0.756 e. The van der Waals surface area contributed by atoms with Crippen LogP contribution in [0.5, 0.6) is 0 Å². The lowest BCUT2D eigenvalue weighted by Crippen LogP contribution is -2.37. The van der Waals surface area contributed by atoms with Crippen LogP contribution in [0.1, 0.15) is 271 Å². The molecular formula is C80H132NO8P. The molecule has 0 rings (SSSR count). The molecule has 0 aliphatic carbocycles. The van der Waals surface area contributed by atoms with Gasteiger partial charge in [0.1, 0.15) is 19.8 Å². The number of rotatable bonds is 64. The van der Waals surface area contributed by atoms with Crippen molar-refractivity contribution in [1.82, 2.24) is 0 Å². The number of ether oxygens (including phenoxy) is 2. The van der Waals surface area contributed by atoms with Gasteiger partial charge in [-0.15, -0.1) is 0 Å². The van der Waals surface area contributed by atoms with Crippen molar-refractivity contribution in [3.8, 4) is 0 Å². The van der Waals surface area contributed by atoms with Crippen LogP contribution in [0.3, 0.4) is 0 Å². The number of carbonyl (C=O) groups excluding carboxylic acids is 2. The standard InChI is InChI=1S/C80H132NO8P/c1-6-8-10-12-14-16-18-20-22-24-26-28-30-32-34-36-38-40-42-44-46-48-50-52-54-56-58-60-62-64-66-68-70-72-79(82)86-76-78(77-88-90(84,85)87-75-74-81(3,4)5)89-80(83)73-71-69-67-65-63-61-59-57-55-53-51-49-47-45-43-41-39-37-35-33-31-29-27-25-23-21-19-17-15-13-11-9-7-2/h8-11,14-17,20-23,26-29,33,35,39,41,45,47,51,53,57,59,63,65,78H,6-7,12-13,18-19,24-25,30-32,34,36-38,40,42-44,46,48-50,52,54-56,58,60-62,64,66-77H2,1-5H3/b10-8-,11-9-,16-14-,17-15-,22-20-,23-21-,28-26-,29-27-,35-33-,41-39-,47-45-,53-51-,59-57-,65-63-. The highest BCUT2D eigenvalue weighted by molar-refractivity contribution is 7.45. The minimum absolute atomic E-state index is 0.0474. The average Bonchev–Trinajstić information content (AvgIpc) is 3.58. The Kier molecular flexibility index (Phi) is 65.2. The molecule has 0 bridgehead atoms. The number of hydrogen-bond donors (Lipinski definition) is 0. The van der Waals surface area contributed by atoms with Crippen molar-refractivity contribution in [2.24, 2.45) is 0 Å². The van der Waals surface area contributed by atoms with Gasteiger partial charge in [0, 0.05) is 12.8 Å². The minimum atomic E-state index is -4.67. The lowest BCUT2D eigenvalue weighted by atomic mass is 10.0. The number of unbranched alkanes of at least 4 members (excludes halogenated alkanes) is 22. The lowest BCUT2D eigenvalue weighted by molar-refractivity contribution is -0.870. The van der Waals surface area contributed by atoms with E-state index in [1.54, 1.807) is 0 Å². The van der Waals surface area contributed by atoms with E-state index in [4.69, 9.17) is 18.5 Å². The molecule has 10 heteroatoms. The maximum atomic E-state index is 12.9. The Hall–Kier alpha value is -4.63. The van der Waals surface area contributed by atoms with Gasteiger partial charge >= 0.3 is 11.9 Å². The number of phosphoric acid groups is 1. The molecular weight excluding hydrogens is 1130 g/mol. The Labute approximate surface area is 553 Å². The summed E-state index contributed by atoms with van der Waals surface area (Å²) in [5, 5.41) is 0. The monoisotopic (exact) mass is 1270 g/mol. The van der Waals surface area contributed by atoms with E-state index in [0.29, 0.717) is 17.4 Å². The van der Waals surface area contributed by atoms with E-state index in [0.717, 1.165) is 122 Å². The minimum Gasteiger partial charge on any atom is -0.756 e. The van der Waals surface area contributed by atoms with E-state index in [9.17, 15) is 19.0 Å². The highest BCUT2D eigenvalue weighted by Crippen LogP contribution is 2.38. The number of esters is 2. The first-order valence-corrected chi connectivity index (χ1v) is 37.3. The second kappa shape index (κ2) is 68.7. The predicted molar refractivity (Wildman–Crippen MR) is 387 cm³/mol. The van der Waals surface area contributed by atoms with Crippen molar-refractivity contribution in [2.45, 2.75) is 277 Å². The van der Waals surface area contributed by atoms with Gasteiger partial charge in [0.05, 0.1) is 27.7 Å². The molecule has 0 aromatic rings. The van der Waals surface area contributed by atoms with E-state index in [1.807, 2.05) is 21.1 Å². The molecule has 0 aromatic heterocycles. The zero-order chi connectivity index (χ0) is 65.5. The second-order valence-electron chi connectivity index (χ2n) is 24.5. The van der Waals surface area contributed by atoms with E-state index < -0.39 is 32.5 Å². The van der Waals surface area contributed by atoms with Gasteiger partial charge in [0.15, 0.2) is 6.10 Å². The molecule has 90 heavy (non-hydrogen) atoms. The van der Waals surface area contributed by atoms with Gasteiger partial charge in [-0.3, -0.25) is 14.2 Å². The van der Waals surface area contributed by atoms with Gasteiger partial charge in [-0.05, 0) is 128 Å². The first-order chi connectivity index (χ1) is 44.0. The molecule has 0 N–H and O–H groups in total. The van der Waals surface area contributed by atoms with Gasteiger partial charge in [0.25, 0.3) is 7.82 Å². The van der Waals surface area contributed by atoms with Gasteiger partial charge in [-0.25, -0.2) is 0 Å². The fourth-order valence-corrected chi connectivity index (χ4v) is 10.1. The molecule has 0 aromatic carbocycles. The topological polar surface area (TPSA) is 111 Å². The SMILES string of the molecule is CC/C=C\C/C=C\C/C=C\C/C=C\C/C=C\C/C=C\C/C=C\C/C=C\C/C=C\C/C=C\CCCCC(=O)OC(COC(=O)CCCCCCCCCCCCCCCCCCCCCC/C=C\C/C=C\C/C=C\C/C=C\CC)COP(=O)([O-])OCC[N+](C)(C)C. The second-order valence-corrected chi connectivity index (χ2v) is 25.9. The number of allylic oxidation sites excluding steroid dienone is 28. The Morgan fingerprint density at radius 2 is 0.600 bits per heavy atom. The predicted octanol–water partition coefficient (Wildman–Crippen LogP) is 23.1. The van der Waals surface area contributed by atoms with Crippen LogP contribution in [0.2, 0.25) is 0 Å². The first-order valence-electron chi connectivity index (χ1n) is 35.8. The Morgan fingerprint density at radius 1 is 0.344 bits per heavy atom. The molecule has 0 aliphatic heterocycles. The van der Waals surface area contributed by atoms with Crippen LogP contribution in [0.25, 0.3) is 0 Å². The maximum Gasteiger partial charge on any atom is 0.306 e. The van der Waals surface area contributed by atoms with Gasteiger partial charge in [-0.1, -0.05) is 300 Å². The maximum absolute atomic E-state index is 12.9. The van der Waals surface area contributed by atoms with E-state index >= 15 is 0 Å². The van der Waals surface area contributed by atoms with E-state index in [-0.39, 0.29) is 26.1 Å². The molecule has 2 atom stereocenters. The summed E-state index contributed by atoms with van der Waals surface area (Å²) in [6, 6.07) is 0. The Balaban J connectivity index is 4.15. The third kappa shape index (κ3) is 72.4. The van der Waals surface area contributed by atoms with Crippen LogP contribution in [0.15, 0.2) is 170 Å². The zero-order valence-electron chi connectivity index (χ0n) is 58.0. The van der Waals surface area contributed by atoms with Gasteiger partial charge in [-0.2, -0.15) is 0 Å². The van der Waals surface area contributed by atoms with E-state index in [2.05, 4.69) is 184 Å². The van der Waals surface area contributed by atoms with Crippen molar-refractivity contribution >= 4 is 19.8 Å². The Bertz CT molecular complexity index is 2130. The fourth-order valence-electron chi connectivity index (χ4n) is 9.32. The number of hydrogen-bond acceptors (Lipinski definition) is 8. The molecule has 0 fully saturated rings. The summed E-state index contributed by atoms with van der Waals surface area (Å²) < 4.78 is 34.3. The molecule has 0 saturated carbocycles. The number of phosphoric ester groups is 1. The number of quaternary nitrogens is 1. The first kappa shape index (κ1) is 85.4. The van der Waals surface area contributed by atoms with Crippen molar-refractivity contribution in [3.05, 3.63) is 170 Å². The summed E-state index contributed by atoms with van der Waals surface area (Å²) in [7, 11) is 1.12. The lowest BCUT2D eigenvalue weighted by Gasteiger charge is -2.28. The highest BCUT2D eigenvalue weighted by atomic mass is 31.2. The molecule has 510 valence electrons. The van der Waals surface area contributed by atoms with Crippen molar-refractivity contribution in [2.75, 3.05) is 47.5 Å². The van der Waals surface area contributed by atoms with E-state index in [1.165, 1.54) is 116 Å². The van der Waals surface area contributed by atoms with Gasteiger partial charge in [0.2, 0.25) is 0 Å². The highest BCUT2D eigenvalue weighted by Gasteiger charge is 2.22. The summed E-state index contributed by atoms with van der Waals surface area (Å²) in [6.07, 6.45) is 104. The summed E-state index contributed by atoms with van der Waals surface area (Å²) in [6.45, 7) is 3.96. The van der Waals surface area contributed by atoms with Crippen LogP contribution >= 0.6 is 7.82 Å². The van der Waals surface area contributed by atoms with Crippen LogP contribution in [0.4, 0.5) is 0 Å². The molecule has 9 nitrogen and oxygen atoms in total. The molecule has 0 heterocycles. The van der Waals surface area contributed by atoms with Crippen molar-refractivity contribution in [1.29, 1.82) is 0 Å². The number of likely N-dealkylation sites (N-methyl/N-ethyl adjacent to an activating group) is 1. The summed E-state index contributed by atoms with van der Waals surface area (Å²) in [5.74, 6) is -0.889. The normalized spacial score (nSPS) is 14.2. The number of carbonyl (C=O) groups is 2. The van der Waals surface area contributed by atoms with Crippen LogP contribution in [-0.4, -0.2) is 70.0 Å². The van der Waals surface area contributed by atoms with Crippen molar-refractivity contribution < 1.29 is 42.1 Å². The third-order valence-electron chi connectivity index (χ3n) is 14.7. The van der Waals surface area contributed by atoms with Gasteiger partial charge < -0.3 is 27.9 Å². The van der Waals surface area contributed by atoms with Crippen LogP contribution in [0, 0.1) is 0 Å². The number of nitrogens with zero attached hydrogens (tertiary/aromatic N) is 1. The van der Waals surface area contributed by atoms with Crippen LogP contribution in [-0.2, 0) is 32.7 Å². The molecule has 0 aliphatic rings. The quantitative estimate of drug-likeness (QED) is 0.0195. The summed E-state index contributed by atoms with van der Waals surface area (Å²) in [4.78, 5) is 38.1. The summed E-state index contributed by atoms with van der Waals surface area (Å²) >= 11 is 0. The molecule has 0 saturated heterocycles. The zero-order valence-corrected chi connectivity index (χ0v) is 58.9. The smallest absolute Gasteiger partial charge is 0.306 e. The third-order valence-corrected chi connectivity index (χ3v) is 15.7. The molecule has 0 spiro atoms.